The number of hydroxylamine groups is 1. The zero-order valence-corrected chi connectivity index (χ0v) is 13.3. The van der Waals surface area contributed by atoms with E-state index >= 15 is 0 Å². The van der Waals surface area contributed by atoms with Gasteiger partial charge in [0.1, 0.15) is 0 Å². The van der Waals surface area contributed by atoms with E-state index in [9.17, 15) is 4.79 Å². The molecule has 1 N–H and O–H groups in total. The summed E-state index contributed by atoms with van der Waals surface area (Å²) in [6.07, 6.45) is 2.08. The molecule has 0 spiro atoms. The molecule has 0 aliphatic rings. The van der Waals surface area contributed by atoms with Crippen molar-refractivity contribution < 1.29 is 9.63 Å². The Balaban J connectivity index is -0.000000292. The molecule has 0 fully saturated rings. The topological polar surface area (TPSA) is 41.6 Å². The van der Waals surface area contributed by atoms with Gasteiger partial charge in [0.25, 0.3) is 0 Å². The molecule has 0 aromatic heterocycles. The van der Waals surface area contributed by atoms with Gasteiger partial charge < -0.3 is 9.74 Å². The summed E-state index contributed by atoms with van der Waals surface area (Å²) in [6, 6.07) is 0. The van der Waals surface area contributed by atoms with E-state index in [0.717, 1.165) is 12.8 Å². The second kappa shape index (κ2) is 14.9. The molecule has 0 radical (unpaired) electrons. The van der Waals surface area contributed by atoms with Gasteiger partial charge in [0, 0.05) is 12.1 Å². The maximum Gasteiger partial charge on any atom is 0.351 e. The van der Waals surface area contributed by atoms with E-state index in [1.807, 2.05) is 26.0 Å². The van der Waals surface area contributed by atoms with Crippen LogP contribution in [0, 0.1) is 0 Å². The lowest BCUT2D eigenvalue weighted by Gasteiger charge is -2.03. The summed E-state index contributed by atoms with van der Waals surface area (Å²) < 4.78 is 0. The van der Waals surface area contributed by atoms with Gasteiger partial charge in [-0.1, -0.05) is 19.9 Å². The third-order valence-electron chi connectivity index (χ3n) is 1.15. The smallest absolute Gasteiger partial charge is 0.351 e. The normalized spacial score (nSPS) is 8.62. The van der Waals surface area contributed by atoms with Gasteiger partial charge >= 0.3 is 5.97 Å². The molecule has 0 heterocycles. The lowest BCUT2D eigenvalue weighted by atomic mass is 10.3. The number of hydrogen-bond acceptors (Lipinski definition) is 4. The molecule has 0 amide bonds. The Morgan fingerprint density at radius 2 is 1.81 bits per heavy atom. The molecule has 0 unspecified atom stereocenters. The van der Waals surface area contributed by atoms with Crippen molar-refractivity contribution in [2.75, 3.05) is 27.7 Å². The quantitative estimate of drug-likeness (QED) is 0.359. The third kappa shape index (κ3) is 23.6. The number of unbranched alkanes of at least 4 members (excludes halogenated alkanes) is 1. The Labute approximate surface area is 116 Å². The minimum atomic E-state index is -0.388. The van der Waals surface area contributed by atoms with Crippen LogP contribution in [0.4, 0.5) is 0 Å². The summed E-state index contributed by atoms with van der Waals surface area (Å²) in [5, 5.41) is 0. The lowest BCUT2D eigenvalue weighted by molar-refractivity contribution is -0.146. The van der Waals surface area contributed by atoms with Crippen LogP contribution in [0.25, 0.3) is 0 Å². The van der Waals surface area contributed by atoms with Gasteiger partial charge in [-0.3, -0.25) is 0 Å². The van der Waals surface area contributed by atoms with Crippen LogP contribution < -0.4 is 5.48 Å². The number of carbonyl (C=O) groups excluding carboxylic acids is 1. The molecule has 16 heavy (non-hydrogen) atoms. The fraction of sp³-hybridized carbons (Fsp3) is 0.727. The van der Waals surface area contributed by atoms with Crippen molar-refractivity contribution >= 4 is 29.9 Å². The van der Waals surface area contributed by atoms with E-state index in [4.69, 9.17) is 0 Å². The van der Waals surface area contributed by atoms with Gasteiger partial charge in [0.15, 0.2) is 0 Å². The van der Waals surface area contributed by atoms with E-state index in [-0.39, 0.29) is 29.9 Å². The number of rotatable bonds is 5. The number of halogens is 1. The number of nitrogens with zero attached hydrogens (tertiary/aromatic N) is 1. The van der Waals surface area contributed by atoms with Gasteiger partial charge in [0.05, 0.1) is 0 Å². The highest BCUT2D eigenvalue weighted by molar-refractivity contribution is 14.0. The second-order valence-corrected chi connectivity index (χ2v) is 3.76. The number of hydrogen-bond donors (Lipinski definition) is 1. The summed E-state index contributed by atoms with van der Waals surface area (Å²) in [5.41, 5.74) is 2.97. The Kier molecular flexibility index (Phi) is 19.7. The summed E-state index contributed by atoms with van der Waals surface area (Å²) in [5.74, 6) is -0.388. The number of carbonyl (C=O) groups is 1. The van der Waals surface area contributed by atoms with Crippen LogP contribution in [0.5, 0.6) is 0 Å². The van der Waals surface area contributed by atoms with Crippen molar-refractivity contribution in [2.45, 2.75) is 26.7 Å². The second-order valence-electron chi connectivity index (χ2n) is 3.76. The number of nitrogens with one attached hydrogen (secondary N) is 1. The first-order valence-electron chi connectivity index (χ1n) is 5.12. The summed E-state index contributed by atoms with van der Waals surface area (Å²) >= 11 is 0. The first-order valence-corrected chi connectivity index (χ1v) is 5.12. The average Bonchev–Trinajstić information content (AvgIpc) is 2.11. The molecule has 0 bridgehead atoms. The first kappa shape index (κ1) is 21.2. The zero-order valence-electron chi connectivity index (χ0n) is 11.0. The monoisotopic (exact) mass is 344 g/mol. The molecule has 4 nitrogen and oxygen atoms in total. The molecule has 0 saturated heterocycles. The van der Waals surface area contributed by atoms with E-state index in [1.54, 1.807) is 6.92 Å². The minimum Gasteiger partial charge on any atom is -0.367 e. The van der Waals surface area contributed by atoms with E-state index in [2.05, 4.69) is 23.8 Å². The average molecular weight is 344 g/mol. The van der Waals surface area contributed by atoms with Crippen LogP contribution in [-0.4, -0.2) is 38.6 Å². The molecule has 0 aromatic rings. The molecular formula is C11H25IN2O2. The van der Waals surface area contributed by atoms with E-state index < -0.39 is 0 Å². The molecule has 0 saturated carbocycles. The van der Waals surface area contributed by atoms with Gasteiger partial charge in [-0.2, -0.15) is 5.48 Å². The molecule has 0 aromatic carbocycles. The van der Waals surface area contributed by atoms with Gasteiger partial charge in [-0.25, -0.2) is 4.79 Å². The lowest BCUT2D eigenvalue weighted by Crippen LogP contribution is -2.21. The van der Waals surface area contributed by atoms with Crippen molar-refractivity contribution in [1.82, 2.24) is 10.4 Å². The van der Waals surface area contributed by atoms with Gasteiger partial charge in [0.2, 0.25) is 0 Å². The predicted molar refractivity (Wildman–Crippen MR) is 78.8 cm³/mol. The Morgan fingerprint density at radius 3 is 2.12 bits per heavy atom. The van der Waals surface area contributed by atoms with Gasteiger partial charge in [-0.05, 0) is 34.5 Å². The van der Waals surface area contributed by atoms with Crippen LogP contribution in [0.1, 0.15) is 26.7 Å². The molecule has 5 heteroatoms. The van der Waals surface area contributed by atoms with Crippen LogP contribution in [0.2, 0.25) is 0 Å². The highest BCUT2D eigenvalue weighted by Crippen LogP contribution is 1.89. The zero-order chi connectivity index (χ0) is 12.3. The summed E-state index contributed by atoms with van der Waals surface area (Å²) in [6.45, 7) is 7.83. The highest BCUT2D eigenvalue weighted by Gasteiger charge is 2.00. The van der Waals surface area contributed by atoms with Crippen molar-refractivity contribution in [3.8, 4) is 0 Å². The molecule has 98 valence electrons. The van der Waals surface area contributed by atoms with E-state index in [1.165, 1.54) is 0 Å². The SMILES string of the molecule is C=C(C)C(=O)ONCCCC.CN(C)C.I. The van der Waals surface area contributed by atoms with Crippen molar-refractivity contribution in [3.63, 3.8) is 0 Å². The Bertz CT molecular complexity index is 182. The van der Waals surface area contributed by atoms with Crippen LogP contribution in [0.3, 0.4) is 0 Å². The van der Waals surface area contributed by atoms with Crippen LogP contribution in [-0.2, 0) is 9.63 Å². The van der Waals surface area contributed by atoms with Gasteiger partial charge in [-0.15, -0.1) is 24.0 Å². The van der Waals surface area contributed by atoms with Crippen molar-refractivity contribution in [2.24, 2.45) is 0 Å². The molecule has 0 aliphatic heterocycles. The molecule has 0 rings (SSSR count). The largest absolute Gasteiger partial charge is 0.367 e. The van der Waals surface area contributed by atoms with Crippen LogP contribution in [0.15, 0.2) is 12.2 Å². The molecule has 0 atom stereocenters. The molecular weight excluding hydrogens is 319 g/mol. The Hall–Kier alpha value is -0.140. The molecule has 0 aliphatic carbocycles. The maximum absolute atomic E-state index is 10.7. The standard InChI is InChI=1S/C8H15NO2.C3H9N.HI/c1-4-5-6-9-11-8(10)7(2)3;1-4(2)3;/h9H,2,4-6H2,1,3H3;1-3H3;1H. The minimum absolute atomic E-state index is 0. The first-order chi connectivity index (χ1) is 6.91. The predicted octanol–water partition coefficient (Wildman–Crippen LogP) is 2.21. The van der Waals surface area contributed by atoms with Crippen LogP contribution >= 0.6 is 24.0 Å². The summed E-state index contributed by atoms with van der Waals surface area (Å²) in [4.78, 5) is 17.3. The van der Waals surface area contributed by atoms with Crippen molar-refractivity contribution in [1.29, 1.82) is 0 Å². The maximum atomic E-state index is 10.7. The van der Waals surface area contributed by atoms with Crippen molar-refractivity contribution in [3.05, 3.63) is 12.2 Å². The van der Waals surface area contributed by atoms with E-state index in [0.29, 0.717) is 12.1 Å². The summed E-state index contributed by atoms with van der Waals surface area (Å²) in [7, 11) is 6.00. The highest BCUT2D eigenvalue weighted by atomic mass is 127. The third-order valence-corrected chi connectivity index (χ3v) is 1.15. The fourth-order valence-electron chi connectivity index (χ4n) is 0.453. The fourth-order valence-corrected chi connectivity index (χ4v) is 0.453. The Morgan fingerprint density at radius 1 is 1.38 bits per heavy atom.